The second kappa shape index (κ2) is 6.40. The molecule has 0 unspecified atom stereocenters. The Bertz CT molecular complexity index is 621. The molecule has 0 N–H and O–H groups in total. The second-order valence-electron chi connectivity index (χ2n) is 3.97. The molecule has 5 heteroatoms. The first-order chi connectivity index (χ1) is 8.97. The van der Waals surface area contributed by atoms with Crippen LogP contribution in [-0.4, -0.2) is 5.78 Å². The van der Waals surface area contributed by atoms with Gasteiger partial charge in [-0.1, -0.05) is 67.2 Å². The third-order valence-electron chi connectivity index (χ3n) is 2.57. The maximum absolute atomic E-state index is 12.2. The van der Waals surface area contributed by atoms with E-state index < -0.39 is 0 Å². The van der Waals surface area contributed by atoms with Crippen LogP contribution < -0.4 is 0 Å². The molecule has 0 saturated heterocycles. The van der Waals surface area contributed by atoms with E-state index in [1.807, 2.05) is 6.07 Å². The molecule has 2 aromatic carbocycles. The average Bonchev–Trinajstić information content (AvgIpc) is 2.33. The van der Waals surface area contributed by atoms with Gasteiger partial charge in [0, 0.05) is 20.9 Å². The van der Waals surface area contributed by atoms with Gasteiger partial charge in [-0.25, -0.2) is 0 Å². The molecular weight excluding hydrogens is 415 g/mol. The lowest BCUT2D eigenvalue weighted by molar-refractivity contribution is 0.0993. The molecule has 0 aromatic heterocycles. The number of Topliss-reactive ketones (excluding diaryl/α,β-unsaturated/α-hetero) is 1. The number of ketones is 1. The summed E-state index contributed by atoms with van der Waals surface area (Å²) in [7, 11) is 0. The van der Waals surface area contributed by atoms with Gasteiger partial charge in [0.1, 0.15) is 0 Å². The number of halogens is 4. The van der Waals surface area contributed by atoms with Crippen molar-refractivity contribution in [2.75, 3.05) is 0 Å². The Morgan fingerprint density at radius 2 is 1.68 bits per heavy atom. The van der Waals surface area contributed by atoms with Crippen molar-refractivity contribution in [2.24, 2.45) is 0 Å². The molecule has 0 bridgehead atoms. The van der Waals surface area contributed by atoms with E-state index in [9.17, 15) is 4.79 Å². The highest BCUT2D eigenvalue weighted by atomic mass is 79.9. The molecule has 0 spiro atoms. The second-order valence-corrected chi connectivity index (χ2v) is 6.59. The molecule has 0 saturated carbocycles. The van der Waals surface area contributed by atoms with E-state index >= 15 is 0 Å². The molecule has 0 atom stereocenters. The number of carbonyl (C=O) groups excluding carboxylic acids is 1. The number of carbonyl (C=O) groups is 1. The molecule has 0 aliphatic rings. The van der Waals surface area contributed by atoms with Gasteiger partial charge in [0.25, 0.3) is 0 Å². The standard InChI is InChI=1S/C14H8Br2Cl2O/c15-10-4-9(5-11(16)7-10)13(19)6-8-2-1-3-12(17)14(8)18/h1-5,7H,6H2. The molecule has 2 aromatic rings. The lowest BCUT2D eigenvalue weighted by Crippen LogP contribution is -2.04. The molecule has 0 radical (unpaired) electrons. The Morgan fingerprint density at radius 3 is 2.32 bits per heavy atom. The predicted octanol–water partition coefficient (Wildman–Crippen LogP) is 5.94. The van der Waals surface area contributed by atoms with Gasteiger partial charge >= 0.3 is 0 Å². The van der Waals surface area contributed by atoms with Crippen LogP contribution in [0.5, 0.6) is 0 Å². The van der Waals surface area contributed by atoms with Crippen molar-refractivity contribution in [3.8, 4) is 0 Å². The molecule has 0 fully saturated rings. The van der Waals surface area contributed by atoms with Gasteiger partial charge in [0.15, 0.2) is 5.78 Å². The van der Waals surface area contributed by atoms with E-state index in [2.05, 4.69) is 31.9 Å². The molecule has 0 heterocycles. The van der Waals surface area contributed by atoms with Crippen molar-refractivity contribution >= 4 is 60.8 Å². The Morgan fingerprint density at radius 1 is 1.05 bits per heavy atom. The van der Waals surface area contributed by atoms with Gasteiger partial charge in [-0.15, -0.1) is 0 Å². The van der Waals surface area contributed by atoms with Crippen LogP contribution in [0.3, 0.4) is 0 Å². The Hall–Kier alpha value is -0.350. The van der Waals surface area contributed by atoms with Gasteiger partial charge in [0.05, 0.1) is 10.0 Å². The third kappa shape index (κ3) is 3.82. The average molecular weight is 423 g/mol. The SMILES string of the molecule is O=C(Cc1cccc(Cl)c1Cl)c1cc(Br)cc(Br)c1. The van der Waals surface area contributed by atoms with Crippen LogP contribution in [0.25, 0.3) is 0 Å². The van der Waals surface area contributed by atoms with Crippen LogP contribution in [-0.2, 0) is 6.42 Å². The highest BCUT2D eigenvalue weighted by Crippen LogP contribution is 2.27. The first-order valence-electron chi connectivity index (χ1n) is 5.39. The number of hydrogen-bond donors (Lipinski definition) is 0. The predicted molar refractivity (Wildman–Crippen MR) is 86.3 cm³/mol. The molecule has 0 aliphatic carbocycles. The first kappa shape index (κ1) is 15.0. The summed E-state index contributed by atoms with van der Waals surface area (Å²) >= 11 is 18.7. The van der Waals surface area contributed by atoms with Crippen LogP contribution >= 0.6 is 55.1 Å². The number of benzene rings is 2. The van der Waals surface area contributed by atoms with Gasteiger partial charge in [-0.2, -0.15) is 0 Å². The molecule has 0 amide bonds. The summed E-state index contributed by atoms with van der Waals surface area (Å²) in [5.74, 6) is -0.00818. The molecule has 0 aliphatic heterocycles. The lowest BCUT2D eigenvalue weighted by Gasteiger charge is -2.06. The van der Waals surface area contributed by atoms with E-state index in [-0.39, 0.29) is 12.2 Å². The minimum absolute atomic E-state index is 0.00818. The fourth-order valence-corrected chi connectivity index (χ4v) is 3.36. The van der Waals surface area contributed by atoms with Crippen molar-refractivity contribution in [3.05, 3.63) is 66.5 Å². The highest BCUT2D eigenvalue weighted by molar-refractivity contribution is 9.11. The van der Waals surface area contributed by atoms with Crippen LogP contribution in [0.2, 0.25) is 10.0 Å². The monoisotopic (exact) mass is 420 g/mol. The van der Waals surface area contributed by atoms with E-state index in [1.165, 1.54) is 0 Å². The maximum Gasteiger partial charge on any atom is 0.167 e. The minimum atomic E-state index is -0.00818. The molecule has 2 rings (SSSR count). The zero-order valence-corrected chi connectivity index (χ0v) is 14.3. The van der Waals surface area contributed by atoms with Crippen molar-refractivity contribution < 1.29 is 4.79 Å². The van der Waals surface area contributed by atoms with Crippen LogP contribution in [0.4, 0.5) is 0 Å². The molecule has 19 heavy (non-hydrogen) atoms. The van der Waals surface area contributed by atoms with Crippen LogP contribution in [0.15, 0.2) is 45.3 Å². The quantitative estimate of drug-likeness (QED) is 0.559. The Kier molecular flexibility index (Phi) is 5.07. The van der Waals surface area contributed by atoms with E-state index in [4.69, 9.17) is 23.2 Å². The fraction of sp³-hybridized carbons (Fsp3) is 0.0714. The van der Waals surface area contributed by atoms with Crippen molar-refractivity contribution in [2.45, 2.75) is 6.42 Å². The minimum Gasteiger partial charge on any atom is -0.294 e. The highest BCUT2D eigenvalue weighted by Gasteiger charge is 2.12. The van der Waals surface area contributed by atoms with Gasteiger partial charge in [0.2, 0.25) is 0 Å². The van der Waals surface area contributed by atoms with Crippen molar-refractivity contribution in [3.63, 3.8) is 0 Å². The van der Waals surface area contributed by atoms with Gasteiger partial charge in [-0.3, -0.25) is 4.79 Å². The van der Waals surface area contributed by atoms with Crippen molar-refractivity contribution in [1.29, 1.82) is 0 Å². The molecular formula is C14H8Br2Cl2O. The summed E-state index contributed by atoms with van der Waals surface area (Å²) in [6.45, 7) is 0. The summed E-state index contributed by atoms with van der Waals surface area (Å²) in [5, 5.41) is 0.897. The largest absolute Gasteiger partial charge is 0.294 e. The lowest BCUT2D eigenvalue weighted by atomic mass is 10.0. The number of rotatable bonds is 3. The summed E-state index contributed by atoms with van der Waals surface area (Å²) in [6, 6.07) is 10.7. The summed E-state index contributed by atoms with van der Waals surface area (Å²) < 4.78 is 1.70. The summed E-state index contributed by atoms with van der Waals surface area (Å²) in [6.07, 6.45) is 0.224. The molecule has 1 nitrogen and oxygen atoms in total. The maximum atomic E-state index is 12.2. The van der Waals surface area contributed by atoms with E-state index in [0.717, 1.165) is 14.5 Å². The van der Waals surface area contributed by atoms with Gasteiger partial charge in [-0.05, 0) is 29.8 Å². The zero-order chi connectivity index (χ0) is 14.0. The van der Waals surface area contributed by atoms with Gasteiger partial charge < -0.3 is 0 Å². The Labute approximate surface area is 138 Å². The normalized spacial score (nSPS) is 10.5. The van der Waals surface area contributed by atoms with Crippen LogP contribution in [0, 0.1) is 0 Å². The molecule has 98 valence electrons. The Balaban J connectivity index is 2.28. The zero-order valence-electron chi connectivity index (χ0n) is 9.59. The number of hydrogen-bond acceptors (Lipinski definition) is 1. The first-order valence-corrected chi connectivity index (χ1v) is 7.74. The van der Waals surface area contributed by atoms with Crippen LogP contribution in [0.1, 0.15) is 15.9 Å². The third-order valence-corrected chi connectivity index (χ3v) is 4.34. The fourth-order valence-electron chi connectivity index (χ4n) is 1.67. The van der Waals surface area contributed by atoms with E-state index in [0.29, 0.717) is 15.6 Å². The summed E-state index contributed by atoms with van der Waals surface area (Å²) in [4.78, 5) is 12.2. The van der Waals surface area contributed by atoms with E-state index in [1.54, 1.807) is 30.3 Å². The summed E-state index contributed by atoms with van der Waals surface area (Å²) in [5.41, 5.74) is 1.35. The smallest absolute Gasteiger partial charge is 0.167 e. The van der Waals surface area contributed by atoms with Crippen molar-refractivity contribution in [1.82, 2.24) is 0 Å². The topological polar surface area (TPSA) is 17.1 Å².